The van der Waals surface area contributed by atoms with E-state index in [1.807, 2.05) is 12.3 Å². The van der Waals surface area contributed by atoms with Crippen molar-refractivity contribution >= 4 is 39.5 Å². The van der Waals surface area contributed by atoms with Crippen LogP contribution in [0.4, 0.5) is 10.9 Å². The molecule has 9 heteroatoms. The Kier molecular flexibility index (Phi) is 5.48. The van der Waals surface area contributed by atoms with E-state index < -0.39 is 0 Å². The second kappa shape index (κ2) is 7.34. The molecular weight excluding hydrogens is 310 g/mol. The van der Waals surface area contributed by atoms with E-state index in [-0.39, 0.29) is 17.8 Å². The van der Waals surface area contributed by atoms with Gasteiger partial charge in [0, 0.05) is 25.2 Å². The summed E-state index contributed by atoms with van der Waals surface area (Å²) in [6.45, 7) is 3.05. The fraction of sp³-hybridized carbons (Fsp3) is 0.417. The van der Waals surface area contributed by atoms with E-state index in [0.717, 1.165) is 5.01 Å². The highest BCUT2D eigenvalue weighted by atomic mass is 32.1. The van der Waals surface area contributed by atoms with Gasteiger partial charge in [-0.15, -0.1) is 11.3 Å². The molecule has 0 saturated carbocycles. The number of nitrogen functional groups attached to an aromatic ring is 1. The van der Waals surface area contributed by atoms with Gasteiger partial charge >= 0.3 is 0 Å². The molecule has 0 radical (unpaired) electrons. The fourth-order valence-corrected chi connectivity index (χ4v) is 3.06. The van der Waals surface area contributed by atoms with Gasteiger partial charge in [0.05, 0.1) is 12.6 Å². The number of nitrogens with two attached hydrogens (primary N) is 1. The van der Waals surface area contributed by atoms with E-state index in [4.69, 9.17) is 10.5 Å². The summed E-state index contributed by atoms with van der Waals surface area (Å²) in [5, 5.41) is 9.25. The van der Waals surface area contributed by atoms with Gasteiger partial charge in [-0.1, -0.05) is 11.3 Å². The molecule has 0 aliphatic rings. The van der Waals surface area contributed by atoms with Crippen LogP contribution in [0.3, 0.4) is 0 Å². The molecule has 0 aliphatic carbocycles. The topological polar surface area (TPSA) is 102 Å². The van der Waals surface area contributed by atoms with Crippen LogP contribution in [0.25, 0.3) is 0 Å². The maximum Gasteiger partial charge on any atom is 0.265 e. The molecule has 114 valence electrons. The number of ether oxygens (including phenoxy) is 1. The minimum Gasteiger partial charge on any atom is -0.383 e. The average molecular weight is 327 g/mol. The van der Waals surface area contributed by atoms with Gasteiger partial charge < -0.3 is 21.1 Å². The third-order valence-corrected chi connectivity index (χ3v) is 4.60. The summed E-state index contributed by atoms with van der Waals surface area (Å²) in [7, 11) is 1.62. The Balaban J connectivity index is 1.98. The second-order valence-electron chi connectivity index (χ2n) is 4.22. The molecule has 1 unspecified atom stereocenters. The summed E-state index contributed by atoms with van der Waals surface area (Å²) in [5.74, 6) is -0.0174. The van der Waals surface area contributed by atoms with Crippen molar-refractivity contribution in [1.29, 1.82) is 0 Å². The first-order chi connectivity index (χ1) is 10.1. The lowest BCUT2D eigenvalue weighted by Gasteiger charge is -2.09. The molecule has 1 amide bonds. The molecule has 7 nitrogen and oxygen atoms in total. The van der Waals surface area contributed by atoms with Gasteiger partial charge in [-0.2, -0.15) is 0 Å². The average Bonchev–Trinajstić information content (AvgIpc) is 3.08. The first kappa shape index (κ1) is 15.7. The predicted octanol–water partition coefficient (Wildman–Crippen LogP) is 1.73. The zero-order chi connectivity index (χ0) is 15.2. The molecule has 1 atom stereocenters. The van der Waals surface area contributed by atoms with E-state index in [0.29, 0.717) is 23.2 Å². The highest BCUT2D eigenvalue weighted by Crippen LogP contribution is 2.25. The van der Waals surface area contributed by atoms with Gasteiger partial charge in [0.15, 0.2) is 5.13 Å². The van der Waals surface area contributed by atoms with Gasteiger partial charge in [0.2, 0.25) is 0 Å². The Morgan fingerprint density at radius 3 is 3.05 bits per heavy atom. The van der Waals surface area contributed by atoms with E-state index in [9.17, 15) is 4.79 Å². The van der Waals surface area contributed by atoms with Crippen molar-refractivity contribution in [2.24, 2.45) is 0 Å². The first-order valence-corrected chi connectivity index (χ1v) is 8.00. The summed E-state index contributed by atoms with van der Waals surface area (Å²) in [4.78, 5) is 20.9. The van der Waals surface area contributed by atoms with Crippen LogP contribution in [-0.4, -0.2) is 36.1 Å². The number of hydrogen-bond acceptors (Lipinski definition) is 8. The van der Waals surface area contributed by atoms with Crippen LogP contribution in [0.5, 0.6) is 0 Å². The van der Waals surface area contributed by atoms with Crippen molar-refractivity contribution in [3.63, 3.8) is 0 Å². The lowest BCUT2D eigenvalue weighted by molar-refractivity contribution is 0.0944. The maximum absolute atomic E-state index is 12.2. The minimum atomic E-state index is -0.243. The number of carbonyl (C=O) groups is 1. The largest absolute Gasteiger partial charge is 0.383 e. The number of nitrogens with zero attached hydrogens (tertiary/aromatic N) is 2. The zero-order valence-corrected chi connectivity index (χ0v) is 13.4. The highest BCUT2D eigenvalue weighted by molar-refractivity contribution is 7.18. The van der Waals surface area contributed by atoms with Crippen molar-refractivity contribution in [2.75, 3.05) is 31.3 Å². The summed E-state index contributed by atoms with van der Waals surface area (Å²) in [5.41, 5.74) is 5.80. The molecule has 4 N–H and O–H groups in total. The zero-order valence-electron chi connectivity index (χ0n) is 11.8. The Hall–Kier alpha value is -1.71. The molecule has 0 aromatic carbocycles. The van der Waals surface area contributed by atoms with Crippen LogP contribution < -0.4 is 16.4 Å². The van der Waals surface area contributed by atoms with Crippen molar-refractivity contribution in [3.05, 3.63) is 21.5 Å². The molecule has 0 spiro atoms. The van der Waals surface area contributed by atoms with Crippen molar-refractivity contribution in [1.82, 2.24) is 15.3 Å². The van der Waals surface area contributed by atoms with Crippen LogP contribution in [0.15, 0.2) is 11.6 Å². The Morgan fingerprint density at radius 2 is 2.38 bits per heavy atom. The molecule has 2 aromatic heterocycles. The summed E-state index contributed by atoms with van der Waals surface area (Å²) >= 11 is 2.72. The summed E-state index contributed by atoms with van der Waals surface area (Å²) in [6.07, 6.45) is 1.71. The van der Waals surface area contributed by atoms with Gasteiger partial charge in [0.25, 0.3) is 5.91 Å². The number of rotatable bonds is 7. The second-order valence-corrected chi connectivity index (χ2v) is 6.14. The number of aromatic nitrogens is 2. The van der Waals surface area contributed by atoms with Gasteiger partial charge in [-0.25, -0.2) is 9.97 Å². The monoisotopic (exact) mass is 327 g/mol. The van der Waals surface area contributed by atoms with Gasteiger partial charge in [0.1, 0.15) is 15.7 Å². The number of amides is 1. The third-order valence-electron chi connectivity index (χ3n) is 2.61. The number of thiazole rings is 2. The standard InChI is InChI=1S/C12H17N5O2S2/c1-7(11-14-4-6-20-11)16-10(18)8-9(13)17-12(21-8)15-3-5-19-2/h4,6-7H,3,5,13H2,1-2H3,(H,15,17)(H,16,18). The molecule has 2 heterocycles. The van der Waals surface area contributed by atoms with Crippen LogP contribution in [0.1, 0.15) is 27.6 Å². The number of anilines is 2. The normalized spacial score (nSPS) is 12.1. The quantitative estimate of drug-likeness (QED) is 0.669. The highest BCUT2D eigenvalue weighted by Gasteiger charge is 2.19. The lowest BCUT2D eigenvalue weighted by atomic mass is 10.3. The minimum absolute atomic E-state index is 0.163. The fourth-order valence-electron chi connectivity index (χ4n) is 1.60. The molecule has 2 rings (SSSR count). The van der Waals surface area contributed by atoms with Crippen LogP contribution in [0.2, 0.25) is 0 Å². The molecule has 0 aliphatic heterocycles. The smallest absolute Gasteiger partial charge is 0.265 e. The Labute approximate surface area is 130 Å². The number of hydrogen-bond donors (Lipinski definition) is 3. The van der Waals surface area contributed by atoms with Crippen molar-refractivity contribution in [3.8, 4) is 0 Å². The number of carbonyl (C=O) groups excluding carboxylic acids is 1. The molecule has 21 heavy (non-hydrogen) atoms. The summed E-state index contributed by atoms with van der Waals surface area (Å²) in [6, 6.07) is -0.163. The van der Waals surface area contributed by atoms with Crippen LogP contribution in [0, 0.1) is 0 Å². The van der Waals surface area contributed by atoms with Crippen LogP contribution in [-0.2, 0) is 4.74 Å². The van der Waals surface area contributed by atoms with Crippen LogP contribution >= 0.6 is 22.7 Å². The van der Waals surface area contributed by atoms with E-state index in [2.05, 4.69) is 20.6 Å². The lowest BCUT2D eigenvalue weighted by Crippen LogP contribution is -2.26. The third kappa shape index (κ3) is 4.13. The molecule has 0 fully saturated rings. The van der Waals surface area contributed by atoms with E-state index in [1.165, 1.54) is 22.7 Å². The predicted molar refractivity (Wildman–Crippen MR) is 84.9 cm³/mol. The Bertz CT molecular complexity index is 584. The molecule has 0 saturated heterocycles. The van der Waals surface area contributed by atoms with Gasteiger partial charge in [-0.05, 0) is 6.92 Å². The maximum atomic E-state index is 12.2. The number of methoxy groups -OCH3 is 1. The SMILES string of the molecule is COCCNc1nc(N)c(C(=O)NC(C)c2nccs2)s1. The molecule has 0 bridgehead atoms. The molecular formula is C12H17N5O2S2. The van der Waals surface area contributed by atoms with E-state index >= 15 is 0 Å². The van der Waals surface area contributed by atoms with Crippen molar-refractivity contribution < 1.29 is 9.53 Å². The van der Waals surface area contributed by atoms with Gasteiger partial charge in [-0.3, -0.25) is 4.79 Å². The van der Waals surface area contributed by atoms with Crippen molar-refractivity contribution in [2.45, 2.75) is 13.0 Å². The summed E-state index contributed by atoms with van der Waals surface area (Å²) < 4.78 is 4.94. The van der Waals surface area contributed by atoms with E-state index in [1.54, 1.807) is 13.3 Å². The Morgan fingerprint density at radius 1 is 1.57 bits per heavy atom. The number of nitrogens with one attached hydrogen (secondary N) is 2. The molecule has 2 aromatic rings. The first-order valence-electron chi connectivity index (χ1n) is 6.31.